The average molecular weight is 419 g/mol. The van der Waals surface area contributed by atoms with Gasteiger partial charge in [-0.15, -0.1) is 24.0 Å². The minimum absolute atomic E-state index is 0. The van der Waals surface area contributed by atoms with Gasteiger partial charge in [0.15, 0.2) is 5.96 Å². The molecule has 4 rings (SSSR count). The van der Waals surface area contributed by atoms with E-state index < -0.39 is 0 Å². The molecule has 4 aliphatic rings. The lowest BCUT2D eigenvalue weighted by atomic mass is 9.87. The van der Waals surface area contributed by atoms with Gasteiger partial charge in [0, 0.05) is 38.2 Å². The van der Waals surface area contributed by atoms with Crippen molar-refractivity contribution in [3.8, 4) is 0 Å². The molecule has 1 N–H and O–H groups in total. The molecule has 2 aliphatic carbocycles. The maximum atomic E-state index is 5.65. The van der Waals surface area contributed by atoms with Gasteiger partial charge in [0.05, 0.1) is 6.61 Å². The van der Waals surface area contributed by atoms with Crippen molar-refractivity contribution in [1.29, 1.82) is 0 Å². The number of rotatable bonds is 4. The number of aliphatic imine (C=N–C) groups is 1. The van der Waals surface area contributed by atoms with Crippen molar-refractivity contribution >= 4 is 29.9 Å². The summed E-state index contributed by atoms with van der Waals surface area (Å²) >= 11 is 0. The van der Waals surface area contributed by atoms with E-state index in [-0.39, 0.29) is 24.0 Å². The summed E-state index contributed by atoms with van der Waals surface area (Å²) < 4.78 is 5.65. The highest BCUT2D eigenvalue weighted by Crippen LogP contribution is 2.61. The fourth-order valence-electron chi connectivity index (χ4n) is 4.30. The van der Waals surface area contributed by atoms with Gasteiger partial charge in [-0.3, -0.25) is 4.99 Å². The molecule has 1 spiro atoms. The highest BCUT2D eigenvalue weighted by molar-refractivity contribution is 14.0. The molecular formula is C17H30IN3O. The first-order valence-electron chi connectivity index (χ1n) is 8.86. The summed E-state index contributed by atoms with van der Waals surface area (Å²) in [6.07, 6.45) is 8.24. The third-order valence-corrected chi connectivity index (χ3v) is 6.14. The van der Waals surface area contributed by atoms with E-state index in [2.05, 4.69) is 17.1 Å². The lowest BCUT2D eigenvalue weighted by molar-refractivity contribution is 0.156. The lowest BCUT2D eigenvalue weighted by Crippen LogP contribution is -2.41. The summed E-state index contributed by atoms with van der Waals surface area (Å²) in [4.78, 5) is 7.52. The van der Waals surface area contributed by atoms with Crippen molar-refractivity contribution in [1.82, 2.24) is 10.2 Å². The fraction of sp³-hybridized carbons (Fsp3) is 0.941. The molecule has 22 heavy (non-hydrogen) atoms. The Bertz CT molecular complexity index is 426. The summed E-state index contributed by atoms with van der Waals surface area (Å²) in [5.41, 5.74) is 1.03. The molecule has 5 heteroatoms. The van der Waals surface area contributed by atoms with E-state index in [0.29, 0.717) is 10.8 Å². The van der Waals surface area contributed by atoms with E-state index in [0.717, 1.165) is 51.3 Å². The average Bonchev–Trinajstić information content (AvgIpc) is 3.40. The van der Waals surface area contributed by atoms with Crippen molar-refractivity contribution in [2.24, 2.45) is 21.7 Å². The van der Waals surface area contributed by atoms with Crippen molar-refractivity contribution in [2.45, 2.75) is 45.4 Å². The third kappa shape index (κ3) is 3.25. The number of nitrogens with one attached hydrogen (secondary N) is 1. The second-order valence-electron chi connectivity index (χ2n) is 7.78. The normalized spacial score (nSPS) is 33.1. The van der Waals surface area contributed by atoms with Crippen molar-refractivity contribution in [3.63, 3.8) is 0 Å². The number of ether oxygens (including phenoxy) is 1. The summed E-state index contributed by atoms with van der Waals surface area (Å²) in [7, 11) is 0. The second-order valence-corrected chi connectivity index (χ2v) is 7.78. The molecule has 0 aromatic carbocycles. The Morgan fingerprint density at radius 1 is 1.27 bits per heavy atom. The van der Waals surface area contributed by atoms with Crippen LogP contribution < -0.4 is 5.32 Å². The van der Waals surface area contributed by atoms with Crippen LogP contribution in [0, 0.1) is 16.7 Å². The number of hydrogen-bond acceptors (Lipinski definition) is 2. The van der Waals surface area contributed by atoms with Crippen LogP contribution in [0.15, 0.2) is 4.99 Å². The molecule has 4 nitrogen and oxygen atoms in total. The van der Waals surface area contributed by atoms with E-state index in [9.17, 15) is 0 Å². The number of likely N-dealkylation sites (tertiary alicyclic amines) is 1. The number of nitrogens with zero attached hydrogens (tertiary/aromatic N) is 2. The van der Waals surface area contributed by atoms with E-state index in [1.165, 1.54) is 38.5 Å². The molecule has 4 fully saturated rings. The van der Waals surface area contributed by atoms with Gasteiger partial charge >= 0.3 is 0 Å². The Morgan fingerprint density at radius 2 is 2.09 bits per heavy atom. The van der Waals surface area contributed by atoms with Gasteiger partial charge in [-0.1, -0.05) is 0 Å². The zero-order valence-corrected chi connectivity index (χ0v) is 16.1. The van der Waals surface area contributed by atoms with E-state index in [4.69, 9.17) is 9.73 Å². The third-order valence-electron chi connectivity index (χ3n) is 6.14. The second kappa shape index (κ2) is 6.46. The summed E-state index contributed by atoms with van der Waals surface area (Å²) in [6.45, 7) is 8.38. The maximum absolute atomic E-state index is 5.65. The van der Waals surface area contributed by atoms with Crippen LogP contribution in [0.3, 0.4) is 0 Å². The highest BCUT2D eigenvalue weighted by Gasteiger charge is 2.53. The first-order valence-corrected chi connectivity index (χ1v) is 8.86. The molecule has 0 aromatic rings. The number of hydrogen-bond donors (Lipinski definition) is 1. The molecule has 0 radical (unpaired) electrons. The van der Waals surface area contributed by atoms with Gasteiger partial charge in [0.2, 0.25) is 0 Å². The predicted molar refractivity (Wildman–Crippen MR) is 99.8 cm³/mol. The molecule has 1 unspecified atom stereocenters. The fourth-order valence-corrected chi connectivity index (χ4v) is 4.30. The van der Waals surface area contributed by atoms with Crippen molar-refractivity contribution in [2.75, 3.05) is 39.4 Å². The molecule has 2 saturated heterocycles. The Morgan fingerprint density at radius 3 is 2.68 bits per heavy atom. The molecule has 1 atom stereocenters. The smallest absolute Gasteiger partial charge is 0.193 e. The molecule has 126 valence electrons. The monoisotopic (exact) mass is 419 g/mol. The Kier molecular flexibility index (Phi) is 4.93. The van der Waals surface area contributed by atoms with E-state index in [1.54, 1.807) is 0 Å². The van der Waals surface area contributed by atoms with Gasteiger partial charge in [0.1, 0.15) is 0 Å². The molecule has 2 heterocycles. The van der Waals surface area contributed by atoms with Crippen LogP contribution in [0.5, 0.6) is 0 Å². The van der Waals surface area contributed by atoms with Crippen LogP contribution in [0.2, 0.25) is 0 Å². The summed E-state index contributed by atoms with van der Waals surface area (Å²) in [5.74, 6) is 2.16. The van der Waals surface area contributed by atoms with Gasteiger partial charge < -0.3 is 15.0 Å². The predicted octanol–water partition coefficient (Wildman–Crippen LogP) is 2.87. The standard InChI is InChI=1S/C17H29N3O.HI/c1-2-18-15(19-11-17(5-6-17)14-3-4-14)20-9-7-16(12-20)8-10-21-13-16;/h14H,2-13H2,1H3,(H,18,19);1H. The van der Waals surface area contributed by atoms with Crippen LogP contribution in [0.25, 0.3) is 0 Å². The summed E-state index contributed by atoms with van der Waals surface area (Å²) in [5, 5.41) is 3.53. The minimum atomic E-state index is 0. The SMILES string of the molecule is CCNC(=NCC1(C2CC2)CC1)N1CCC2(CCOC2)C1.I. The zero-order chi connectivity index (χ0) is 14.3. The molecule has 2 aliphatic heterocycles. The molecule has 0 amide bonds. The topological polar surface area (TPSA) is 36.9 Å². The van der Waals surface area contributed by atoms with Gasteiger partial charge in [-0.25, -0.2) is 0 Å². The minimum Gasteiger partial charge on any atom is -0.381 e. The number of halogens is 1. The summed E-state index contributed by atoms with van der Waals surface area (Å²) in [6, 6.07) is 0. The molecule has 0 aromatic heterocycles. The van der Waals surface area contributed by atoms with E-state index >= 15 is 0 Å². The van der Waals surface area contributed by atoms with Gasteiger partial charge in [-0.05, 0) is 56.8 Å². The van der Waals surface area contributed by atoms with Crippen molar-refractivity contribution in [3.05, 3.63) is 0 Å². The first-order chi connectivity index (χ1) is 10.3. The van der Waals surface area contributed by atoms with Crippen LogP contribution >= 0.6 is 24.0 Å². The Hall–Kier alpha value is -0.0400. The van der Waals surface area contributed by atoms with E-state index in [1.807, 2.05) is 0 Å². The Balaban J connectivity index is 0.00000144. The lowest BCUT2D eigenvalue weighted by Gasteiger charge is -2.25. The van der Waals surface area contributed by atoms with Gasteiger partial charge in [-0.2, -0.15) is 0 Å². The quantitative estimate of drug-likeness (QED) is 0.433. The number of guanidine groups is 1. The molecule has 2 saturated carbocycles. The van der Waals surface area contributed by atoms with Crippen LogP contribution in [-0.4, -0.2) is 50.3 Å². The molecule has 0 bridgehead atoms. The van der Waals surface area contributed by atoms with Gasteiger partial charge in [0.25, 0.3) is 0 Å². The largest absolute Gasteiger partial charge is 0.381 e. The zero-order valence-electron chi connectivity index (χ0n) is 13.8. The van der Waals surface area contributed by atoms with Crippen LogP contribution in [0.4, 0.5) is 0 Å². The van der Waals surface area contributed by atoms with Crippen molar-refractivity contribution < 1.29 is 4.74 Å². The molecular weight excluding hydrogens is 389 g/mol. The Labute approximate surface area is 151 Å². The van der Waals surface area contributed by atoms with Crippen LogP contribution in [-0.2, 0) is 4.74 Å². The van der Waals surface area contributed by atoms with Crippen LogP contribution in [0.1, 0.15) is 45.4 Å². The first kappa shape index (κ1) is 16.8. The highest BCUT2D eigenvalue weighted by atomic mass is 127. The maximum Gasteiger partial charge on any atom is 0.193 e.